The second-order valence-electron chi connectivity index (χ2n) is 7.63. The third-order valence-corrected chi connectivity index (χ3v) is 5.41. The number of pyridine rings is 2. The Kier molecular flexibility index (Phi) is 6.34. The lowest BCUT2D eigenvalue weighted by atomic mass is 9.95. The van der Waals surface area contributed by atoms with Crippen molar-refractivity contribution >= 4 is 5.82 Å². The maximum Gasteiger partial charge on any atom is 0.126 e. The molecule has 4 rings (SSSR count). The molecule has 0 aliphatic heterocycles. The quantitative estimate of drug-likeness (QED) is 0.409. The van der Waals surface area contributed by atoms with Gasteiger partial charge in [-0.2, -0.15) is 0 Å². The zero-order chi connectivity index (χ0) is 21.6. The molecule has 0 saturated heterocycles. The summed E-state index contributed by atoms with van der Waals surface area (Å²) in [5.41, 5.74) is 11.2. The fourth-order valence-corrected chi connectivity index (χ4v) is 3.55. The lowest BCUT2D eigenvalue weighted by Crippen LogP contribution is -2.25. The smallest absolute Gasteiger partial charge is 0.126 e. The normalized spacial score (nSPS) is 12.9. The molecule has 0 amide bonds. The van der Waals surface area contributed by atoms with Crippen molar-refractivity contribution in [3.63, 3.8) is 0 Å². The molecule has 2 atom stereocenters. The number of nitrogens with one attached hydrogen (secondary N) is 1. The van der Waals surface area contributed by atoms with E-state index in [0.717, 1.165) is 33.8 Å². The van der Waals surface area contributed by atoms with Crippen LogP contribution in [0.3, 0.4) is 0 Å². The summed E-state index contributed by atoms with van der Waals surface area (Å²) in [6.45, 7) is 2.82. The molecule has 0 unspecified atom stereocenters. The van der Waals surface area contributed by atoms with Crippen LogP contribution < -0.4 is 11.1 Å². The van der Waals surface area contributed by atoms with E-state index in [1.807, 2.05) is 42.5 Å². The molecule has 0 radical (unpaired) electrons. The van der Waals surface area contributed by atoms with Gasteiger partial charge in [-0.05, 0) is 53.4 Å². The van der Waals surface area contributed by atoms with E-state index in [9.17, 15) is 4.39 Å². The Labute approximate surface area is 182 Å². The Morgan fingerprint density at radius 2 is 1.58 bits per heavy atom. The van der Waals surface area contributed by atoms with Crippen LogP contribution in [0.25, 0.3) is 22.4 Å². The average molecular weight is 413 g/mol. The Morgan fingerprint density at radius 1 is 0.871 bits per heavy atom. The molecule has 0 aliphatic carbocycles. The van der Waals surface area contributed by atoms with Crippen LogP contribution in [0.15, 0.2) is 91.3 Å². The second-order valence-corrected chi connectivity index (χ2v) is 7.63. The van der Waals surface area contributed by atoms with Crippen molar-refractivity contribution < 1.29 is 4.39 Å². The van der Waals surface area contributed by atoms with Gasteiger partial charge in [-0.15, -0.1) is 0 Å². The molecule has 0 aliphatic rings. The van der Waals surface area contributed by atoms with E-state index in [0.29, 0.717) is 6.54 Å². The van der Waals surface area contributed by atoms with Crippen LogP contribution in [0.4, 0.5) is 10.2 Å². The van der Waals surface area contributed by atoms with Gasteiger partial charge in [0, 0.05) is 36.1 Å². The molecular formula is C26H25FN4. The maximum absolute atomic E-state index is 13.4. The number of rotatable bonds is 7. The summed E-state index contributed by atoms with van der Waals surface area (Å²) in [6, 6.07) is 24.3. The van der Waals surface area contributed by atoms with Gasteiger partial charge in [0.2, 0.25) is 0 Å². The highest BCUT2D eigenvalue weighted by Crippen LogP contribution is 2.32. The molecule has 3 N–H and O–H groups in total. The van der Waals surface area contributed by atoms with Gasteiger partial charge in [0.05, 0.1) is 5.69 Å². The van der Waals surface area contributed by atoms with Crippen LogP contribution in [0.5, 0.6) is 0 Å². The molecule has 5 heteroatoms. The third-order valence-electron chi connectivity index (χ3n) is 5.41. The number of nitrogens with zero attached hydrogens (tertiary/aromatic N) is 2. The van der Waals surface area contributed by atoms with Gasteiger partial charge in [0.25, 0.3) is 0 Å². The third kappa shape index (κ3) is 4.95. The molecule has 0 spiro atoms. The van der Waals surface area contributed by atoms with Crippen LogP contribution in [0.1, 0.15) is 18.5 Å². The lowest BCUT2D eigenvalue weighted by molar-refractivity contribution is 0.493. The number of halogens is 1. The summed E-state index contributed by atoms with van der Waals surface area (Å²) in [7, 11) is 0. The van der Waals surface area contributed by atoms with E-state index in [1.165, 1.54) is 12.1 Å². The van der Waals surface area contributed by atoms with Crippen LogP contribution in [0, 0.1) is 11.7 Å². The first-order valence-corrected chi connectivity index (χ1v) is 10.3. The standard InChI is InChI=1S/C26H25FN4/c1-18(25(28)20-5-3-2-4-6-20)17-30-24-12-11-23(19-7-9-22(27)10-8-19)26(31-24)21-13-15-29-16-14-21/h2-16,18,25H,17,28H2,1H3,(H,30,31)/t18-,25-/m1/s1. The van der Waals surface area contributed by atoms with Gasteiger partial charge in [0.15, 0.2) is 0 Å². The fraction of sp³-hybridized carbons (Fsp3) is 0.154. The van der Waals surface area contributed by atoms with E-state index >= 15 is 0 Å². The van der Waals surface area contributed by atoms with Gasteiger partial charge < -0.3 is 11.1 Å². The SMILES string of the molecule is C[C@H](CNc1ccc(-c2ccc(F)cc2)c(-c2ccncc2)n1)[C@@H](N)c1ccccc1. The zero-order valence-corrected chi connectivity index (χ0v) is 17.4. The molecular weight excluding hydrogens is 387 g/mol. The van der Waals surface area contributed by atoms with E-state index in [4.69, 9.17) is 10.7 Å². The minimum atomic E-state index is -0.260. The second kappa shape index (κ2) is 9.49. The van der Waals surface area contributed by atoms with Crippen molar-refractivity contribution in [2.75, 3.05) is 11.9 Å². The Balaban J connectivity index is 1.58. The Hall–Kier alpha value is -3.57. The molecule has 156 valence electrons. The van der Waals surface area contributed by atoms with Crippen molar-refractivity contribution in [1.82, 2.24) is 9.97 Å². The maximum atomic E-state index is 13.4. The van der Waals surface area contributed by atoms with Crippen molar-refractivity contribution in [2.45, 2.75) is 13.0 Å². The molecule has 0 fully saturated rings. The first-order valence-electron chi connectivity index (χ1n) is 10.3. The summed E-state index contributed by atoms with van der Waals surface area (Å²) in [6.07, 6.45) is 3.49. The summed E-state index contributed by atoms with van der Waals surface area (Å²) in [5, 5.41) is 3.43. The van der Waals surface area contributed by atoms with Crippen molar-refractivity contribution in [1.29, 1.82) is 0 Å². The van der Waals surface area contributed by atoms with E-state index in [-0.39, 0.29) is 17.8 Å². The lowest BCUT2D eigenvalue weighted by Gasteiger charge is -2.21. The number of hydrogen-bond donors (Lipinski definition) is 2. The number of benzene rings is 2. The summed E-state index contributed by atoms with van der Waals surface area (Å²) in [4.78, 5) is 8.98. The first-order chi connectivity index (χ1) is 15.1. The largest absolute Gasteiger partial charge is 0.370 e. The molecule has 4 nitrogen and oxygen atoms in total. The number of aromatic nitrogens is 2. The van der Waals surface area contributed by atoms with Gasteiger partial charge in [-0.25, -0.2) is 9.37 Å². The Bertz CT molecular complexity index is 1120. The fourth-order valence-electron chi connectivity index (χ4n) is 3.55. The monoisotopic (exact) mass is 412 g/mol. The minimum absolute atomic E-state index is 0.0631. The molecule has 2 aromatic heterocycles. The zero-order valence-electron chi connectivity index (χ0n) is 17.4. The van der Waals surface area contributed by atoms with E-state index < -0.39 is 0 Å². The Morgan fingerprint density at radius 3 is 2.29 bits per heavy atom. The predicted octanol–water partition coefficient (Wildman–Crippen LogP) is 5.70. The van der Waals surface area contributed by atoms with Crippen LogP contribution in [-0.4, -0.2) is 16.5 Å². The van der Waals surface area contributed by atoms with Gasteiger partial charge >= 0.3 is 0 Å². The first kappa shape index (κ1) is 20.7. The highest BCUT2D eigenvalue weighted by atomic mass is 19.1. The molecule has 0 saturated carbocycles. The molecule has 31 heavy (non-hydrogen) atoms. The number of hydrogen-bond acceptors (Lipinski definition) is 4. The van der Waals surface area contributed by atoms with Crippen LogP contribution in [-0.2, 0) is 0 Å². The minimum Gasteiger partial charge on any atom is -0.370 e. The van der Waals surface area contributed by atoms with Gasteiger partial charge in [-0.1, -0.05) is 49.4 Å². The average Bonchev–Trinajstić information content (AvgIpc) is 2.83. The van der Waals surface area contributed by atoms with Crippen molar-refractivity contribution in [3.8, 4) is 22.4 Å². The van der Waals surface area contributed by atoms with Crippen molar-refractivity contribution in [2.24, 2.45) is 11.7 Å². The van der Waals surface area contributed by atoms with Gasteiger partial charge in [-0.3, -0.25) is 4.98 Å². The molecule has 2 heterocycles. The van der Waals surface area contributed by atoms with Crippen LogP contribution in [0.2, 0.25) is 0 Å². The number of nitrogens with two attached hydrogens (primary N) is 1. The van der Waals surface area contributed by atoms with Gasteiger partial charge in [0.1, 0.15) is 11.6 Å². The summed E-state index contributed by atoms with van der Waals surface area (Å²) >= 11 is 0. The predicted molar refractivity (Wildman–Crippen MR) is 124 cm³/mol. The topological polar surface area (TPSA) is 63.8 Å². The highest BCUT2D eigenvalue weighted by molar-refractivity contribution is 5.81. The van der Waals surface area contributed by atoms with Crippen LogP contribution >= 0.6 is 0 Å². The van der Waals surface area contributed by atoms with Crippen molar-refractivity contribution in [3.05, 3.63) is 103 Å². The molecule has 0 bridgehead atoms. The summed E-state index contributed by atoms with van der Waals surface area (Å²) in [5.74, 6) is 0.722. The van der Waals surface area contributed by atoms with E-state index in [2.05, 4.69) is 29.4 Å². The highest BCUT2D eigenvalue weighted by Gasteiger charge is 2.16. The number of anilines is 1. The van der Waals surface area contributed by atoms with E-state index in [1.54, 1.807) is 24.5 Å². The summed E-state index contributed by atoms with van der Waals surface area (Å²) < 4.78 is 13.4. The molecule has 2 aromatic carbocycles. The molecule has 4 aromatic rings.